The van der Waals surface area contributed by atoms with E-state index < -0.39 is 0 Å². The van der Waals surface area contributed by atoms with Crippen LogP contribution in [-0.2, 0) is 0 Å². The van der Waals surface area contributed by atoms with Gasteiger partial charge < -0.3 is 11.1 Å². The summed E-state index contributed by atoms with van der Waals surface area (Å²) in [4.78, 5) is 12.7. The molecule has 0 bridgehead atoms. The zero-order valence-corrected chi connectivity index (χ0v) is 13.1. The summed E-state index contributed by atoms with van der Waals surface area (Å²) in [5.74, 6) is 5.68. The molecule has 1 amide bonds. The predicted molar refractivity (Wildman–Crippen MR) is 87.6 cm³/mol. The third-order valence-corrected chi connectivity index (χ3v) is 4.10. The first-order valence-corrected chi connectivity index (χ1v) is 7.64. The molecular weight excluding hydrogens is 304 g/mol. The summed E-state index contributed by atoms with van der Waals surface area (Å²) in [6.45, 7) is 2.26. The van der Waals surface area contributed by atoms with Crippen molar-refractivity contribution >= 4 is 28.8 Å². The van der Waals surface area contributed by atoms with E-state index in [4.69, 9.17) is 17.3 Å². The van der Waals surface area contributed by atoms with Gasteiger partial charge in [0.2, 0.25) is 0 Å². The first-order valence-electron chi connectivity index (χ1n) is 6.45. The normalized spacial score (nSPS) is 11.4. The summed E-state index contributed by atoms with van der Waals surface area (Å²) in [6.07, 6.45) is 0. The first-order chi connectivity index (χ1) is 10.1. The van der Waals surface area contributed by atoms with Gasteiger partial charge in [-0.2, -0.15) is 0 Å². The summed E-state index contributed by atoms with van der Waals surface area (Å²) in [6, 6.07) is 11.1. The number of amides is 1. The van der Waals surface area contributed by atoms with Crippen molar-refractivity contribution in [3.8, 4) is 11.8 Å². The van der Waals surface area contributed by atoms with Gasteiger partial charge in [0.05, 0.1) is 21.8 Å². The fourth-order valence-electron chi connectivity index (χ4n) is 1.83. The van der Waals surface area contributed by atoms with Gasteiger partial charge in [-0.1, -0.05) is 35.6 Å². The van der Waals surface area contributed by atoms with Gasteiger partial charge in [0, 0.05) is 5.56 Å². The van der Waals surface area contributed by atoms with E-state index in [1.54, 1.807) is 12.1 Å². The van der Waals surface area contributed by atoms with Crippen molar-refractivity contribution in [2.24, 2.45) is 5.73 Å². The Bertz CT molecular complexity index is 700. The molecule has 3 nitrogen and oxygen atoms in total. The Morgan fingerprint density at radius 1 is 1.43 bits per heavy atom. The number of hydrogen-bond acceptors (Lipinski definition) is 3. The van der Waals surface area contributed by atoms with Crippen LogP contribution in [0, 0.1) is 11.8 Å². The Hall–Kier alpha value is -1.80. The van der Waals surface area contributed by atoms with Crippen molar-refractivity contribution in [1.29, 1.82) is 0 Å². The van der Waals surface area contributed by atoms with Crippen LogP contribution in [0.1, 0.15) is 33.8 Å². The molecule has 0 saturated carbocycles. The molecule has 1 aromatic heterocycles. The van der Waals surface area contributed by atoms with E-state index in [1.165, 1.54) is 11.3 Å². The summed E-state index contributed by atoms with van der Waals surface area (Å²) < 4.78 is 0.604. The molecule has 5 heteroatoms. The number of thiophene rings is 1. The number of benzene rings is 1. The third kappa shape index (κ3) is 4.33. The van der Waals surface area contributed by atoms with Gasteiger partial charge in [-0.3, -0.25) is 4.79 Å². The van der Waals surface area contributed by atoms with Crippen LogP contribution in [0.4, 0.5) is 0 Å². The standard InChI is InChI=1S/C16H15ClN2OS/c1-11(19-16(20)14-7-8-15(17)21-14)13-6-2-4-12(10-13)5-3-9-18/h2,4,6-8,10-11H,9,18H2,1H3,(H,19,20). The van der Waals surface area contributed by atoms with Crippen molar-refractivity contribution in [3.63, 3.8) is 0 Å². The van der Waals surface area contributed by atoms with Gasteiger partial charge in [-0.25, -0.2) is 0 Å². The van der Waals surface area contributed by atoms with E-state index in [2.05, 4.69) is 17.2 Å². The summed E-state index contributed by atoms with van der Waals surface area (Å²) in [5, 5.41) is 2.95. The molecule has 1 heterocycles. The topological polar surface area (TPSA) is 55.1 Å². The molecule has 0 aliphatic heterocycles. The number of carbonyl (C=O) groups excluding carboxylic acids is 1. The molecule has 1 aromatic carbocycles. The maximum Gasteiger partial charge on any atom is 0.261 e. The lowest BCUT2D eigenvalue weighted by Gasteiger charge is -2.14. The summed E-state index contributed by atoms with van der Waals surface area (Å²) in [5.41, 5.74) is 7.25. The van der Waals surface area contributed by atoms with Crippen LogP contribution in [-0.4, -0.2) is 12.5 Å². The van der Waals surface area contributed by atoms with Gasteiger partial charge in [-0.15, -0.1) is 11.3 Å². The van der Waals surface area contributed by atoms with Crippen LogP contribution >= 0.6 is 22.9 Å². The van der Waals surface area contributed by atoms with Crippen LogP contribution in [0.5, 0.6) is 0 Å². The van der Waals surface area contributed by atoms with Gasteiger partial charge in [0.25, 0.3) is 5.91 Å². The minimum Gasteiger partial charge on any atom is -0.345 e. The molecule has 0 radical (unpaired) electrons. The van der Waals surface area contributed by atoms with Gasteiger partial charge >= 0.3 is 0 Å². The molecule has 2 aromatic rings. The van der Waals surface area contributed by atoms with Crippen molar-refractivity contribution < 1.29 is 4.79 Å². The zero-order valence-electron chi connectivity index (χ0n) is 11.5. The summed E-state index contributed by atoms with van der Waals surface area (Å²) >= 11 is 7.10. The second kappa shape index (κ2) is 7.28. The second-order valence-electron chi connectivity index (χ2n) is 4.43. The molecule has 0 fully saturated rings. The zero-order chi connectivity index (χ0) is 15.2. The van der Waals surface area contributed by atoms with Crippen LogP contribution in [0.3, 0.4) is 0 Å². The molecule has 1 unspecified atom stereocenters. The minimum absolute atomic E-state index is 0.113. The lowest BCUT2D eigenvalue weighted by molar-refractivity contribution is 0.0944. The van der Waals surface area contributed by atoms with Crippen molar-refractivity contribution in [1.82, 2.24) is 5.32 Å². The SMILES string of the molecule is CC(NC(=O)c1ccc(Cl)s1)c1cccc(C#CCN)c1. The highest BCUT2D eigenvalue weighted by Crippen LogP contribution is 2.22. The minimum atomic E-state index is -0.127. The van der Waals surface area contributed by atoms with Crippen molar-refractivity contribution in [2.75, 3.05) is 6.54 Å². The number of nitrogens with one attached hydrogen (secondary N) is 1. The number of carbonyl (C=O) groups is 1. The van der Waals surface area contributed by atoms with Gasteiger partial charge in [0.15, 0.2) is 0 Å². The van der Waals surface area contributed by atoms with Crippen LogP contribution < -0.4 is 11.1 Å². The molecule has 0 saturated heterocycles. The van der Waals surface area contributed by atoms with Crippen LogP contribution in [0.2, 0.25) is 4.34 Å². The van der Waals surface area contributed by atoms with E-state index in [1.807, 2.05) is 31.2 Å². The highest BCUT2D eigenvalue weighted by Gasteiger charge is 2.13. The number of hydrogen-bond donors (Lipinski definition) is 2. The molecule has 21 heavy (non-hydrogen) atoms. The molecule has 2 rings (SSSR count). The Morgan fingerprint density at radius 3 is 2.90 bits per heavy atom. The maximum absolute atomic E-state index is 12.1. The molecule has 3 N–H and O–H groups in total. The largest absolute Gasteiger partial charge is 0.345 e. The molecule has 108 valence electrons. The van der Waals surface area contributed by atoms with E-state index in [9.17, 15) is 4.79 Å². The lowest BCUT2D eigenvalue weighted by Crippen LogP contribution is -2.25. The van der Waals surface area contributed by atoms with Crippen LogP contribution in [0.25, 0.3) is 0 Å². The lowest BCUT2D eigenvalue weighted by atomic mass is 10.1. The molecule has 0 aliphatic carbocycles. The maximum atomic E-state index is 12.1. The fraction of sp³-hybridized carbons (Fsp3) is 0.188. The van der Waals surface area contributed by atoms with Gasteiger partial charge in [0.1, 0.15) is 0 Å². The Morgan fingerprint density at radius 2 is 2.24 bits per heavy atom. The number of nitrogens with two attached hydrogens (primary N) is 1. The quantitative estimate of drug-likeness (QED) is 0.854. The van der Waals surface area contributed by atoms with Gasteiger partial charge in [-0.05, 0) is 36.8 Å². The van der Waals surface area contributed by atoms with E-state index in [0.717, 1.165) is 11.1 Å². The first kappa shape index (κ1) is 15.6. The Balaban J connectivity index is 2.09. The van der Waals surface area contributed by atoms with E-state index >= 15 is 0 Å². The van der Waals surface area contributed by atoms with Crippen LogP contribution in [0.15, 0.2) is 36.4 Å². The predicted octanol–water partition coefficient (Wildman–Crippen LogP) is 3.20. The smallest absolute Gasteiger partial charge is 0.261 e. The average Bonchev–Trinajstić information content (AvgIpc) is 2.92. The fourth-order valence-corrected chi connectivity index (χ4v) is 2.77. The highest BCUT2D eigenvalue weighted by molar-refractivity contribution is 7.17. The third-order valence-electron chi connectivity index (χ3n) is 2.87. The molecule has 1 atom stereocenters. The highest BCUT2D eigenvalue weighted by atomic mass is 35.5. The number of rotatable bonds is 3. The Kier molecular flexibility index (Phi) is 5.40. The van der Waals surface area contributed by atoms with E-state index in [-0.39, 0.29) is 11.9 Å². The Labute approximate surface area is 133 Å². The average molecular weight is 319 g/mol. The van der Waals surface area contributed by atoms with Crippen molar-refractivity contribution in [3.05, 3.63) is 56.7 Å². The second-order valence-corrected chi connectivity index (χ2v) is 6.15. The molecule has 0 aliphatic rings. The van der Waals surface area contributed by atoms with E-state index in [0.29, 0.717) is 15.8 Å². The van der Waals surface area contributed by atoms with Crippen molar-refractivity contribution in [2.45, 2.75) is 13.0 Å². The monoisotopic (exact) mass is 318 g/mol. The molecular formula is C16H15ClN2OS. The summed E-state index contributed by atoms with van der Waals surface area (Å²) in [7, 11) is 0. The molecule has 0 spiro atoms. The number of halogens is 1.